The summed E-state index contributed by atoms with van der Waals surface area (Å²) in [6, 6.07) is 5.95. The van der Waals surface area contributed by atoms with Crippen LogP contribution in [0.3, 0.4) is 0 Å². The Morgan fingerprint density at radius 1 is 1.18 bits per heavy atom. The number of hydrogen-bond donors (Lipinski definition) is 2. The van der Waals surface area contributed by atoms with Crippen LogP contribution in [0.2, 0.25) is 0 Å². The summed E-state index contributed by atoms with van der Waals surface area (Å²) in [5, 5.41) is 10.4. The first-order valence-corrected chi connectivity index (χ1v) is 5.31. The quantitative estimate of drug-likeness (QED) is 0.790. The van der Waals surface area contributed by atoms with Gasteiger partial charge in [-0.2, -0.15) is 13.2 Å². The van der Waals surface area contributed by atoms with Crippen LogP contribution >= 0.6 is 0 Å². The molecule has 1 aliphatic rings. The van der Waals surface area contributed by atoms with Crippen LogP contribution in [0.4, 0.5) is 13.2 Å². The Bertz CT molecular complexity index is 578. The number of fused-ring (bicyclic) bond motifs is 1. The molecule has 0 amide bonds. The summed E-state index contributed by atoms with van der Waals surface area (Å²) in [6.07, 6.45) is -3.01. The maximum absolute atomic E-state index is 12.5. The van der Waals surface area contributed by atoms with Gasteiger partial charge in [0.15, 0.2) is 0 Å². The summed E-state index contributed by atoms with van der Waals surface area (Å²) >= 11 is 0. The van der Waals surface area contributed by atoms with Crippen molar-refractivity contribution in [3.63, 3.8) is 0 Å². The van der Waals surface area contributed by atoms with E-state index in [1.807, 2.05) is 0 Å². The lowest BCUT2D eigenvalue weighted by atomic mass is 10.1. The standard InChI is InChI=1S/C12H10F3NO/c13-12(14,15)10-6-7-5-8(11(17)3-4-11)1-2-9(7)16-10/h1-2,5-6,16-17H,3-4H2. The van der Waals surface area contributed by atoms with Gasteiger partial charge in [0.1, 0.15) is 5.69 Å². The Kier molecular flexibility index (Phi) is 1.91. The molecule has 1 aliphatic carbocycles. The van der Waals surface area contributed by atoms with Gasteiger partial charge in [0.2, 0.25) is 0 Å². The van der Waals surface area contributed by atoms with Crippen LogP contribution in [0.15, 0.2) is 24.3 Å². The Morgan fingerprint density at radius 2 is 1.88 bits per heavy atom. The molecule has 1 heterocycles. The molecule has 0 bridgehead atoms. The average molecular weight is 241 g/mol. The molecule has 17 heavy (non-hydrogen) atoms. The van der Waals surface area contributed by atoms with Crippen LogP contribution in [0, 0.1) is 0 Å². The molecule has 1 aromatic carbocycles. The summed E-state index contributed by atoms with van der Waals surface area (Å²) in [5.74, 6) is 0. The van der Waals surface area contributed by atoms with Gasteiger partial charge in [-0.15, -0.1) is 0 Å². The second-order valence-electron chi connectivity index (χ2n) is 4.51. The molecule has 0 radical (unpaired) electrons. The number of aliphatic hydroxyl groups is 1. The van der Waals surface area contributed by atoms with E-state index in [0.717, 1.165) is 6.07 Å². The lowest BCUT2D eigenvalue weighted by molar-refractivity contribution is -0.140. The molecule has 0 saturated heterocycles. The summed E-state index contributed by atoms with van der Waals surface area (Å²) < 4.78 is 37.5. The molecule has 2 aromatic rings. The highest BCUT2D eigenvalue weighted by Gasteiger charge is 2.42. The van der Waals surface area contributed by atoms with E-state index in [4.69, 9.17) is 0 Å². The number of nitrogens with one attached hydrogen (secondary N) is 1. The first kappa shape index (κ1) is 10.7. The van der Waals surface area contributed by atoms with Crippen LogP contribution < -0.4 is 0 Å². The molecule has 2 nitrogen and oxygen atoms in total. The fraction of sp³-hybridized carbons (Fsp3) is 0.333. The zero-order chi connectivity index (χ0) is 12.3. The molecule has 0 atom stereocenters. The zero-order valence-corrected chi connectivity index (χ0v) is 8.80. The number of alkyl halides is 3. The maximum Gasteiger partial charge on any atom is 0.431 e. The normalized spacial score (nSPS) is 18.6. The average Bonchev–Trinajstić information content (AvgIpc) is 2.85. The highest BCUT2D eigenvalue weighted by molar-refractivity contribution is 5.81. The summed E-state index contributed by atoms with van der Waals surface area (Å²) in [5.41, 5.74) is -0.445. The van der Waals surface area contributed by atoms with Crippen molar-refractivity contribution in [1.82, 2.24) is 4.98 Å². The molecule has 1 fully saturated rings. The molecule has 2 N–H and O–H groups in total. The fourth-order valence-corrected chi connectivity index (χ4v) is 1.98. The van der Waals surface area contributed by atoms with Gasteiger partial charge in [0.25, 0.3) is 0 Å². The third-order valence-electron chi connectivity index (χ3n) is 3.19. The molecule has 5 heteroatoms. The minimum absolute atomic E-state index is 0.435. The first-order valence-electron chi connectivity index (χ1n) is 5.31. The van der Waals surface area contributed by atoms with Crippen LogP contribution in [-0.2, 0) is 11.8 Å². The smallest absolute Gasteiger partial charge is 0.385 e. The minimum Gasteiger partial charge on any atom is -0.385 e. The molecule has 1 aromatic heterocycles. The van der Waals surface area contributed by atoms with E-state index < -0.39 is 17.5 Å². The van der Waals surface area contributed by atoms with Gasteiger partial charge in [0.05, 0.1) is 5.60 Å². The summed E-state index contributed by atoms with van der Waals surface area (Å²) in [4.78, 5) is 2.33. The molecule has 0 aliphatic heterocycles. The Hall–Kier alpha value is -1.49. The highest BCUT2D eigenvalue weighted by atomic mass is 19.4. The number of aromatic nitrogens is 1. The lowest BCUT2D eigenvalue weighted by Gasteiger charge is -2.07. The molecular weight excluding hydrogens is 231 g/mol. The van der Waals surface area contributed by atoms with E-state index in [1.165, 1.54) is 0 Å². The molecule has 0 unspecified atom stereocenters. The van der Waals surface area contributed by atoms with E-state index in [0.29, 0.717) is 29.3 Å². The predicted molar refractivity (Wildman–Crippen MR) is 56.4 cm³/mol. The third kappa shape index (κ3) is 1.70. The summed E-state index contributed by atoms with van der Waals surface area (Å²) in [7, 11) is 0. The molecular formula is C12H10F3NO. The number of rotatable bonds is 1. The molecule has 90 valence electrons. The van der Waals surface area contributed by atoms with Gasteiger partial charge >= 0.3 is 6.18 Å². The third-order valence-corrected chi connectivity index (χ3v) is 3.19. The van der Waals surface area contributed by atoms with Gasteiger partial charge < -0.3 is 10.1 Å². The maximum atomic E-state index is 12.5. The predicted octanol–water partition coefficient (Wildman–Crippen LogP) is 3.17. The van der Waals surface area contributed by atoms with Crippen molar-refractivity contribution in [2.45, 2.75) is 24.6 Å². The number of benzene rings is 1. The monoisotopic (exact) mass is 241 g/mol. The van der Waals surface area contributed by atoms with Gasteiger partial charge in [-0.3, -0.25) is 0 Å². The Morgan fingerprint density at radius 3 is 2.47 bits per heavy atom. The van der Waals surface area contributed by atoms with Crippen molar-refractivity contribution >= 4 is 10.9 Å². The number of halogens is 3. The van der Waals surface area contributed by atoms with Crippen molar-refractivity contribution in [3.8, 4) is 0 Å². The van der Waals surface area contributed by atoms with E-state index in [2.05, 4.69) is 4.98 Å². The van der Waals surface area contributed by atoms with Gasteiger partial charge in [-0.25, -0.2) is 0 Å². The largest absolute Gasteiger partial charge is 0.431 e. The van der Waals surface area contributed by atoms with Crippen molar-refractivity contribution in [2.24, 2.45) is 0 Å². The van der Waals surface area contributed by atoms with E-state index in [1.54, 1.807) is 18.2 Å². The number of hydrogen-bond acceptors (Lipinski definition) is 1. The lowest BCUT2D eigenvalue weighted by Crippen LogP contribution is -2.04. The van der Waals surface area contributed by atoms with Gasteiger partial charge in [0, 0.05) is 10.9 Å². The van der Waals surface area contributed by atoms with Crippen LogP contribution in [0.25, 0.3) is 10.9 Å². The fourth-order valence-electron chi connectivity index (χ4n) is 1.98. The zero-order valence-electron chi connectivity index (χ0n) is 8.80. The molecule has 0 spiro atoms. The highest BCUT2D eigenvalue weighted by Crippen LogP contribution is 2.46. The van der Waals surface area contributed by atoms with E-state index >= 15 is 0 Å². The number of H-pyrrole nitrogens is 1. The van der Waals surface area contributed by atoms with Crippen LogP contribution in [0.1, 0.15) is 24.1 Å². The van der Waals surface area contributed by atoms with Gasteiger partial charge in [-0.05, 0) is 36.6 Å². The van der Waals surface area contributed by atoms with Crippen LogP contribution in [0.5, 0.6) is 0 Å². The van der Waals surface area contributed by atoms with Crippen molar-refractivity contribution < 1.29 is 18.3 Å². The van der Waals surface area contributed by atoms with Crippen molar-refractivity contribution in [1.29, 1.82) is 0 Å². The topological polar surface area (TPSA) is 36.0 Å². The summed E-state index contributed by atoms with van der Waals surface area (Å²) in [6.45, 7) is 0. The second kappa shape index (κ2) is 3.04. The molecule has 1 saturated carbocycles. The Balaban J connectivity index is 2.11. The molecule has 3 rings (SSSR count). The van der Waals surface area contributed by atoms with E-state index in [9.17, 15) is 18.3 Å². The van der Waals surface area contributed by atoms with Crippen LogP contribution in [-0.4, -0.2) is 10.1 Å². The van der Waals surface area contributed by atoms with Crippen molar-refractivity contribution in [3.05, 3.63) is 35.5 Å². The number of aromatic amines is 1. The second-order valence-corrected chi connectivity index (χ2v) is 4.51. The van der Waals surface area contributed by atoms with Gasteiger partial charge in [-0.1, -0.05) is 6.07 Å². The minimum atomic E-state index is -4.37. The Labute approximate surface area is 95.1 Å². The SMILES string of the molecule is OC1(c2ccc3[nH]c(C(F)(F)F)cc3c2)CC1. The first-order chi connectivity index (χ1) is 7.88. The van der Waals surface area contributed by atoms with Crippen molar-refractivity contribution in [2.75, 3.05) is 0 Å². The van der Waals surface area contributed by atoms with E-state index in [-0.39, 0.29) is 0 Å².